The van der Waals surface area contributed by atoms with Gasteiger partial charge in [-0.3, -0.25) is 4.79 Å². The van der Waals surface area contributed by atoms with Crippen LogP contribution in [0.2, 0.25) is 0 Å². The quantitative estimate of drug-likeness (QED) is 0.580. The lowest BCUT2D eigenvalue weighted by molar-refractivity contribution is 0.0462. The Morgan fingerprint density at radius 3 is 2.97 bits per heavy atom. The van der Waals surface area contributed by atoms with Crippen molar-refractivity contribution < 1.29 is 17.9 Å². The Morgan fingerprint density at radius 2 is 2.20 bits per heavy atom. The lowest BCUT2D eigenvalue weighted by Crippen LogP contribution is -2.19. The number of thiophene rings is 1. The standard InChI is InChI=1S/C20H21N3O5S2/c1-11-6-7-14-15(8-11)29-19-17(14)18(24)22-16(23-19)10-28-20(25)12-4-3-5-13(9-12)30(26,27)21-2/h3-5,9,11,21H,6-8,10H2,1-2H3,(H,22,23,24). The van der Waals surface area contributed by atoms with E-state index in [0.717, 1.165) is 24.8 Å². The van der Waals surface area contributed by atoms with Crippen molar-refractivity contribution in [2.45, 2.75) is 37.7 Å². The molecule has 0 amide bonds. The fraction of sp³-hybridized carbons (Fsp3) is 0.350. The molecule has 0 saturated heterocycles. The number of hydrogen-bond donors (Lipinski definition) is 2. The third kappa shape index (κ3) is 3.90. The van der Waals surface area contributed by atoms with E-state index in [2.05, 4.69) is 21.6 Å². The van der Waals surface area contributed by atoms with Gasteiger partial charge in [0.25, 0.3) is 5.56 Å². The smallest absolute Gasteiger partial charge is 0.338 e. The van der Waals surface area contributed by atoms with E-state index in [-0.39, 0.29) is 28.4 Å². The lowest BCUT2D eigenvalue weighted by atomic mass is 9.89. The summed E-state index contributed by atoms with van der Waals surface area (Å²) in [5, 5.41) is 0.641. The fourth-order valence-electron chi connectivity index (χ4n) is 3.59. The maximum atomic E-state index is 12.6. The number of hydrogen-bond acceptors (Lipinski definition) is 7. The molecule has 1 aliphatic carbocycles. The lowest BCUT2D eigenvalue weighted by Gasteiger charge is -2.17. The molecule has 10 heteroatoms. The van der Waals surface area contributed by atoms with E-state index in [4.69, 9.17) is 4.74 Å². The number of rotatable bonds is 5. The molecule has 1 aromatic carbocycles. The van der Waals surface area contributed by atoms with Crippen molar-refractivity contribution >= 4 is 37.5 Å². The topological polar surface area (TPSA) is 118 Å². The Balaban J connectivity index is 1.55. The molecule has 4 rings (SSSR count). The summed E-state index contributed by atoms with van der Waals surface area (Å²) in [6.45, 7) is 1.98. The molecular formula is C20H21N3O5S2. The third-order valence-electron chi connectivity index (χ3n) is 5.20. The van der Waals surface area contributed by atoms with E-state index >= 15 is 0 Å². The number of aromatic nitrogens is 2. The summed E-state index contributed by atoms with van der Waals surface area (Å²) in [5.74, 6) is 0.143. The van der Waals surface area contributed by atoms with Crippen molar-refractivity contribution in [3.05, 3.63) is 56.4 Å². The van der Waals surface area contributed by atoms with Crippen LogP contribution in [-0.4, -0.2) is 31.4 Å². The molecule has 1 aliphatic rings. The number of ether oxygens (including phenoxy) is 1. The van der Waals surface area contributed by atoms with Crippen LogP contribution in [0.3, 0.4) is 0 Å². The number of sulfonamides is 1. The second-order valence-electron chi connectivity index (χ2n) is 7.36. The first kappa shape index (κ1) is 20.7. The number of aryl methyl sites for hydroxylation is 1. The number of aromatic amines is 1. The predicted molar refractivity (Wildman–Crippen MR) is 113 cm³/mol. The van der Waals surface area contributed by atoms with Gasteiger partial charge in [-0.2, -0.15) is 0 Å². The number of nitrogens with one attached hydrogen (secondary N) is 2. The number of esters is 1. The van der Waals surface area contributed by atoms with Gasteiger partial charge in [0.05, 0.1) is 15.8 Å². The molecular weight excluding hydrogens is 426 g/mol. The summed E-state index contributed by atoms with van der Waals surface area (Å²) >= 11 is 1.52. The predicted octanol–water partition coefficient (Wildman–Crippen LogP) is 2.37. The molecule has 0 fully saturated rings. The maximum Gasteiger partial charge on any atom is 0.338 e. The highest BCUT2D eigenvalue weighted by Gasteiger charge is 2.23. The van der Waals surface area contributed by atoms with Crippen LogP contribution < -0.4 is 10.3 Å². The Hall–Kier alpha value is -2.56. The summed E-state index contributed by atoms with van der Waals surface area (Å²) < 4.78 is 31.3. The van der Waals surface area contributed by atoms with Crippen molar-refractivity contribution in [3.63, 3.8) is 0 Å². The van der Waals surface area contributed by atoms with Gasteiger partial charge in [0.2, 0.25) is 10.0 Å². The van der Waals surface area contributed by atoms with Gasteiger partial charge in [-0.05, 0) is 56.0 Å². The number of H-pyrrole nitrogens is 1. The molecule has 30 heavy (non-hydrogen) atoms. The second kappa shape index (κ2) is 7.93. The number of fused-ring (bicyclic) bond motifs is 3. The first-order chi connectivity index (χ1) is 14.3. The van der Waals surface area contributed by atoms with Crippen LogP contribution in [0.4, 0.5) is 0 Å². The average molecular weight is 448 g/mol. The number of nitrogens with zero attached hydrogens (tertiary/aromatic N) is 1. The van der Waals surface area contributed by atoms with Crippen molar-refractivity contribution in [2.75, 3.05) is 7.05 Å². The Bertz CT molecular complexity index is 1290. The fourth-order valence-corrected chi connectivity index (χ4v) is 5.76. The molecule has 0 aliphatic heterocycles. The summed E-state index contributed by atoms with van der Waals surface area (Å²) in [4.78, 5) is 34.0. The van der Waals surface area contributed by atoms with Gasteiger partial charge in [0, 0.05) is 4.88 Å². The largest absolute Gasteiger partial charge is 0.454 e. The van der Waals surface area contributed by atoms with Gasteiger partial charge in [0.1, 0.15) is 17.3 Å². The van der Waals surface area contributed by atoms with Gasteiger partial charge < -0.3 is 9.72 Å². The van der Waals surface area contributed by atoms with Crippen molar-refractivity contribution in [2.24, 2.45) is 5.92 Å². The minimum atomic E-state index is -3.67. The Kier molecular flexibility index (Phi) is 5.48. The molecule has 1 unspecified atom stereocenters. The van der Waals surface area contributed by atoms with Crippen molar-refractivity contribution in [1.82, 2.24) is 14.7 Å². The zero-order valence-electron chi connectivity index (χ0n) is 16.5. The van der Waals surface area contributed by atoms with E-state index < -0.39 is 16.0 Å². The molecule has 0 radical (unpaired) electrons. The van der Waals surface area contributed by atoms with Gasteiger partial charge in [0.15, 0.2) is 0 Å². The van der Waals surface area contributed by atoms with Crippen LogP contribution in [0.1, 0.15) is 40.0 Å². The Morgan fingerprint density at radius 1 is 1.40 bits per heavy atom. The molecule has 1 atom stereocenters. The minimum Gasteiger partial charge on any atom is -0.454 e. The molecule has 0 spiro atoms. The van der Waals surface area contributed by atoms with Gasteiger partial charge in [-0.25, -0.2) is 22.9 Å². The van der Waals surface area contributed by atoms with E-state index in [9.17, 15) is 18.0 Å². The molecule has 3 aromatic rings. The van der Waals surface area contributed by atoms with Crippen LogP contribution in [-0.2, 0) is 34.2 Å². The summed E-state index contributed by atoms with van der Waals surface area (Å²) in [7, 11) is -2.38. The van der Waals surface area contributed by atoms with Crippen LogP contribution in [0.25, 0.3) is 10.2 Å². The average Bonchev–Trinajstić information content (AvgIpc) is 3.09. The molecule has 2 aromatic heterocycles. The van der Waals surface area contributed by atoms with Crippen LogP contribution in [0, 0.1) is 5.92 Å². The van der Waals surface area contributed by atoms with E-state index in [1.54, 1.807) is 0 Å². The highest BCUT2D eigenvalue weighted by molar-refractivity contribution is 7.89. The van der Waals surface area contributed by atoms with Crippen LogP contribution in [0.15, 0.2) is 34.0 Å². The second-order valence-corrected chi connectivity index (χ2v) is 10.3. The first-order valence-electron chi connectivity index (χ1n) is 9.52. The monoisotopic (exact) mass is 447 g/mol. The third-order valence-corrected chi connectivity index (χ3v) is 7.76. The highest BCUT2D eigenvalue weighted by atomic mass is 32.2. The first-order valence-corrected chi connectivity index (χ1v) is 11.8. The van der Waals surface area contributed by atoms with Crippen LogP contribution in [0.5, 0.6) is 0 Å². The highest BCUT2D eigenvalue weighted by Crippen LogP contribution is 2.35. The molecule has 0 saturated carbocycles. The van der Waals surface area contributed by atoms with Crippen molar-refractivity contribution in [1.29, 1.82) is 0 Å². The van der Waals surface area contributed by atoms with E-state index in [0.29, 0.717) is 16.1 Å². The van der Waals surface area contributed by atoms with E-state index in [1.165, 1.54) is 47.5 Å². The number of carbonyl (C=O) groups is 1. The summed E-state index contributed by atoms with van der Waals surface area (Å²) in [6.07, 6.45) is 2.88. The van der Waals surface area contributed by atoms with Gasteiger partial charge in [-0.15, -0.1) is 11.3 Å². The molecule has 0 bridgehead atoms. The summed E-state index contributed by atoms with van der Waals surface area (Å²) in [6, 6.07) is 5.55. The maximum absolute atomic E-state index is 12.6. The Labute approximate surface area is 177 Å². The molecule has 2 N–H and O–H groups in total. The van der Waals surface area contributed by atoms with E-state index in [1.807, 2.05) is 0 Å². The van der Waals surface area contributed by atoms with Gasteiger partial charge in [-0.1, -0.05) is 13.0 Å². The number of carbonyl (C=O) groups excluding carboxylic acids is 1. The van der Waals surface area contributed by atoms with Gasteiger partial charge >= 0.3 is 5.97 Å². The molecule has 8 nitrogen and oxygen atoms in total. The van der Waals surface area contributed by atoms with Crippen LogP contribution >= 0.6 is 11.3 Å². The van der Waals surface area contributed by atoms with Crippen molar-refractivity contribution in [3.8, 4) is 0 Å². The molecule has 158 valence electrons. The minimum absolute atomic E-state index is 0.0363. The molecule has 2 heterocycles. The zero-order chi connectivity index (χ0) is 21.5. The SMILES string of the molecule is CNS(=O)(=O)c1cccc(C(=O)OCc2nc3sc4c(c3c(=O)[nH]2)CCC(C)C4)c1. The zero-order valence-corrected chi connectivity index (χ0v) is 18.2. The number of benzene rings is 1. The summed E-state index contributed by atoms with van der Waals surface area (Å²) in [5.41, 5.74) is 0.962. The normalized spacial score (nSPS) is 16.4.